The minimum absolute atomic E-state index is 0.0225. The molecule has 0 bridgehead atoms. The van der Waals surface area contributed by atoms with Crippen molar-refractivity contribution in [2.75, 3.05) is 0 Å². The minimum Gasteiger partial charge on any atom is -0.383 e. The first kappa shape index (κ1) is 20.8. The van der Waals surface area contributed by atoms with Gasteiger partial charge in [-0.25, -0.2) is 5.01 Å². The molecule has 0 aromatic carbocycles. The van der Waals surface area contributed by atoms with E-state index in [1.807, 2.05) is 32.9 Å². The first-order valence-electron chi connectivity index (χ1n) is 9.95. The number of carbonyl (C=O) groups excluding carboxylic acids is 2. The number of amides is 1. The van der Waals surface area contributed by atoms with E-state index in [0.29, 0.717) is 29.7 Å². The molecule has 31 heavy (non-hydrogen) atoms. The number of aryl methyl sites for hydroxylation is 1. The summed E-state index contributed by atoms with van der Waals surface area (Å²) in [6.45, 7) is 6.02. The number of hydrogen-bond acceptors (Lipinski definition) is 7. The van der Waals surface area contributed by atoms with E-state index in [0.717, 1.165) is 9.75 Å². The van der Waals surface area contributed by atoms with Crippen LogP contribution in [0, 0.1) is 23.7 Å². The average molecular weight is 434 g/mol. The second-order valence-electron chi connectivity index (χ2n) is 8.61. The third-order valence-corrected chi connectivity index (χ3v) is 6.65. The summed E-state index contributed by atoms with van der Waals surface area (Å²) in [5, 5.41) is 11.4. The Morgan fingerprint density at radius 2 is 2.00 bits per heavy atom. The predicted octanol–water partition coefficient (Wildman–Crippen LogP) is 3.53. The number of rotatable bonds is 3. The van der Waals surface area contributed by atoms with Gasteiger partial charge in [-0.3, -0.25) is 20.0 Å². The van der Waals surface area contributed by atoms with Gasteiger partial charge in [0, 0.05) is 39.7 Å². The number of allylic oxidation sites excluding steroid dienone is 3. The maximum Gasteiger partial charge on any atom is 0.270 e. The number of Topliss-reactive ketones (excluding diaryl/α,β-unsaturated/α-hetero) is 1. The number of hydrogen-bond donors (Lipinski definition) is 2. The van der Waals surface area contributed by atoms with E-state index < -0.39 is 11.8 Å². The van der Waals surface area contributed by atoms with E-state index in [4.69, 9.17) is 5.73 Å². The lowest BCUT2D eigenvalue weighted by Crippen LogP contribution is -2.49. The largest absolute Gasteiger partial charge is 0.383 e. The Kier molecular flexibility index (Phi) is 5.15. The van der Waals surface area contributed by atoms with Crippen molar-refractivity contribution in [1.29, 1.82) is 5.26 Å². The van der Waals surface area contributed by atoms with Gasteiger partial charge >= 0.3 is 0 Å². The van der Waals surface area contributed by atoms with Crippen molar-refractivity contribution in [1.82, 2.24) is 15.4 Å². The molecule has 2 aromatic heterocycles. The fourth-order valence-corrected chi connectivity index (χ4v) is 5.20. The van der Waals surface area contributed by atoms with Gasteiger partial charge in [-0.05, 0) is 43.0 Å². The molecule has 1 aliphatic carbocycles. The molecule has 1 amide bonds. The molecule has 0 fully saturated rings. The smallest absolute Gasteiger partial charge is 0.270 e. The van der Waals surface area contributed by atoms with Crippen molar-refractivity contribution in [3.63, 3.8) is 0 Å². The molecule has 2 aromatic rings. The number of carbonyl (C=O) groups is 2. The Morgan fingerprint density at radius 3 is 2.61 bits per heavy atom. The van der Waals surface area contributed by atoms with Crippen molar-refractivity contribution in [2.24, 2.45) is 11.1 Å². The molecule has 3 heterocycles. The lowest BCUT2D eigenvalue weighted by atomic mass is 9.70. The van der Waals surface area contributed by atoms with Crippen molar-refractivity contribution in [3.8, 4) is 6.07 Å². The van der Waals surface area contributed by atoms with Crippen LogP contribution >= 0.6 is 11.3 Å². The maximum atomic E-state index is 13.3. The van der Waals surface area contributed by atoms with Crippen LogP contribution in [-0.2, 0) is 4.79 Å². The fourth-order valence-electron chi connectivity index (χ4n) is 4.20. The van der Waals surface area contributed by atoms with E-state index in [9.17, 15) is 14.9 Å². The summed E-state index contributed by atoms with van der Waals surface area (Å²) in [6, 6.07) is 9.30. The average Bonchev–Trinajstić information content (AvgIpc) is 3.15. The van der Waals surface area contributed by atoms with Crippen LogP contribution in [0.15, 0.2) is 59.3 Å². The Hall–Kier alpha value is -3.44. The number of aromatic nitrogens is 1. The lowest BCUT2D eigenvalue weighted by molar-refractivity contribution is -0.118. The quantitative estimate of drug-likeness (QED) is 0.766. The van der Waals surface area contributed by atoms with Crippen LogP contribution in [0.25, 0.3) is 0 Å². The topological polar surface area (TPSA) is 112 Å². The Labute approximate surface area is 184 Å². The molecule has 3 N–H and O–H groups in total. The standard InChI is InChI=1S/C23H23N5O2S/c1-13-4-5-18(31-13)19-15(12-24)21(25)28(27-22(30)14-6-8-26-9-7-14)16-10-23(2,3)11-17(29)20(16)19/h4-9,19H,10-11,25H2,1-3H3,(H,27,30). The van der Waals surface area contributed by atoms with Crippen LogP contribution in [0.4, 0.5) is 0 Å². The number of pyridine rings is 1. The van der Waals surface area contributed by atoms with Crippen LogP contribution in [0.3, 0.4) is 0 Å². The Bertz CT molecular complexity index is 1170. The highest BCUT2D eigenvalue weighted by Crippen LogP contribution is 2.49. The Balaban J connectivity index is 1.86. The highest BCUT2D eigenvalue weighted by Gasteiger charge is 2.45. The lowest BCUT2D eigenvalue weighted by Gasteiger charge is -2.43. The SMILES string of the molecule is Cc1ccc(C2C(C#N)=C(N)N(NC(=O)c3ccncc3)C3=C2C(=O)CC(C)(C)C3)s1. The molecule has 0 radical (unpaired) electrons. The van der Waals surface area contributed by atoms with Gasteiger partial charge in [-0.15, -0.1) is 11.3 Å². The summed E-state index contributed by atoms with van der Waals surface area (Å²) in [5.74, 6) is -0.789. The number of nitrogens with one attached hydrogen (secondary N) is 1. The fraction of sp³-hybridized carbons (Fsp3) is 0.304. The van der Waals surface area contributed by atoms with Gasteiger partial charge in [0.25, 0.3) is 5.91 Å². The first-order valence-corrected chi connectivity index (χ1v) is 10.8. The molecule has 158 valence electrons. The zero-order valence-electron chi connectivity index (χ0n) is 17.6. The maximum absolute atomic E-state index is 13.3. The molecule has 0 saturated heterocycles. The van der Waals surface area contributed by atoms with Crippen LogP contribution in [0.2, 0.25) is 0 Å². The van der Waals surface area contributed by atoms with Crippen molar-refractivity contribution in [3.05, 3.63) is 74.6 Å². The summed E-state index contributed by atoms with van der Waals surface area (Å²) in [7, 11) is 0. The minimum atomic E-state index is -0.517. The number of thiophene rings is 1. The van der Waals surface area contributed by atoms with Gasteiger partial charge in [0.2, 0.25) is 0 Å². The van der Waals surface area contributed by atoms with Gasteiger partial charge < -0.3 is 5.73 Å². The molecule has 0 spiro atoms. The summed E-state index contributed by atoms with van der Waals surface area (Å²) in [5.41, 5.74) is 10.8. The Morgan fingerprint density at radius 1 is 1.29 bits per heavy atom. The van der Waals surface area contributed by atoms with E-state index in [-0.39, 0.29) is 22.6 Å². The molecule has 7 nitrogen and oxygen atoms in total. The van der Waals surface area contributed by atoms with Crippen molar-refractivity contribution >= 4 is 23.0 Å². The number of ketones is 1. The molecule has 1 aliphatic heterocycles. The van der Waals surface area contributed by atoms with Crippen molar-refractivity contribution in [2.45, 2.75) is 39.5 Å². The monoisotopic (exact) mass is 433 g/mol. The highest BCUT2D eigenvalue weighted by atomic mass is 32.1. The van der Waals surface area contributed by atoms with E-state index in [1.54, 1.807) is 23.5 Å². The first-order chi connectivity index (χ1) is 14.7. The van der Waals surface area contributed by atoms with E-state index in [1.165, 1.54) is 17.4 Å². The summed E-state index contributed by atoms with van der Waals surface area (Å²) >= 11 is 1.55. The highest BCUT2D eigenvalue weighted by molar-refractivity contribution is 7.12. The second kappa shape index (κ2) is 7.67. The number of nitrogens with two attached hydrogens (primary N) is 1. The number of nitriles is 1. The summed E-state index contributed by atoms with van der Waals surface area (Å²) in [6.07, 6.45) is 3.97. The molecule has 2 aliphatic rings. The molecule has 8 heteroatoms. The van der Waals surface area contributed by atoms with Crippen LogP contribution in [-0.4, -0.2) is 21.7 Å². The number of hydrazine groups is 1. The van der Waals surface area contributed by atoms with Gasteiger partial charge in [0.15, 0.2) is 5.78 Å². The molecule has 0 saturated carbocycles. The zero-order chi connectivity index (χ0) is 22.3. The van der Waals surface area contributed by atoms with Crippen LogP contribution in [0.1, 0.15) is 52.7 Å². The van der Waals surface area contributed by atoms with E-state index in [2.05, 4.69) is 16.5 Å². The molecular formula is C23H23N5O2S. The molecule has 4 rings (SSSR count). The van der Waals surface area contributed by atoms with Crippen molar-refractivity contribution < 1.29 is 9.59 Å². The van der Waals surface area contributed by atoms with Crippen LogP contribution < -0.4 is 11.2 Å². The van der Waals surface area contributed by atoms with Gasteiger partial charge in [0.1, 0.15) is 5.82 Å². The van der Waals surface area contributed by atoms with E-state index >= 15 is 0 Å². The van der Waals surface area contributed by atoms with Gasteiger partial charge in [0.05, 0.1) is 23.3 Å². The number of nitrogens with zero attached hydrogens (tertiary/aromatic N) is 3. The summed E-state index contributed by atoms with van der Waals surface area (Å²) in [4.78, 5) is 32.1. The van der Waals surface area contributed by atoms with Gasteiger partial charge in [-0.1, -0.05) is 13.8 Å². The normalized spacial score (nSPS) is 20.4. The third kappa shape index (κ3) is 3.73. The van der Waals surface area contributed by atoms with Gasteiger partial charge in [-0.2, -0.15) is 5.26 Å². The molecular weight excluding hydrogens is 410 g/mol. The second-order valence-corrected chi connectivity index (χ2v) is 9.93. The third-order valence-electron chi connectivity index (χ3n) is 5.58. The predicted molar refractivity (Wildman–Crippen MR) is 117 cm³/mol. The zero-order valence-corrected chi connectivity index (χ0v) is 18.4. The molecule has 1 unspecified atom stereocenters. The molecule has 1 atom stereocenters. The van der Waals surface area contributed by atoms with Crippen LogP contribution in [0.5, 0.6) is 0 Å². The summed E-state index contributed by atoms with van der Waals surface area (Å²) < 4.78 is 0.